The summed E-state index contributed by atoms with van der Waals surface area (Å²) < 4.78 is 22.1. The number of likely N-dealkylation sites (N-methyl/N-ethyl adjacent to an activating group) is 1. The van der Waals surface area contributed by atoms with E-state index in [4.69, 9.17) is 0 Å². The second-order valence-electron chi connectivity index (χ2n) is 4.30. The lowest BCUT2D eigenvalue weighted by atomic mass is 10.1. The summed E-state index contributed by atoms with van der Waals surface area (Å²) in [6, 6.07) is 2.49. The summed E-state index contributed by atoms with van der Waals surface area (Å²) in [4.78, 5) is 2.10. The molecule has 1 rings (SSSR count). The zero-order valence-electron chi connectivity index (χ0n) is 10.0. The van der Waals surface area contributed by atoms with Crippen molar-refractivity contribution in [1.82, 2.24) is 4.90 Å². The summed E-state index contributed by atoms with van der Waals surface area (Å²) in [6.07, 6.45) is 2.26. The molecule has 3 nitrogen and oxygen atoms in total. The first-order valence-corrected chi connectivity index (χ1v) is 8.28. The molecular weight excluding hydrogens is 242 g/mol. The Morgan fingerprint density at radius 3 is 2.69 bits per heavy atom. The van der Waals surface area contributed by atoms with Crippen LogP contribution in [0.2, 0.25) is 0 Å². The van der Waals surface area contributed by atoms with Gasteiger partial charge < -0.3 is 4.90 Å². The molecule has 1 heterocycles. The van der Waals surface area contributed by atoms with Crippen molar-refractivity contribution < 1.29 is 8.42 Å². The average molecular weight is 261 g/mol. The highest BCUT2D eigenvalue weighted by Crippen LogP contribution is 2.11. The number of hydrogen-bond acceptors (Lipinski definition) is 4. The van der Waals surface area contributed by atoms with Gasteiger partial charge in [0.1, 0.15) is 9.84 Å². The van der Waals surface area contributed by atoms with Gasteiger partial charge >= 0.3 is 0 Å². The lowest BCUT2D eigenvalue weighted by Crippen LogP contribution is -2.34. The number of sulfone groups is 1. The summed E-state index contributed by atoms with van der Waals surface area (Å²) in [5, 5.41) is 4.21. The third kappa shape index (κ3) is 5.09. The summed E-state index contributed by atoms with van der Waals surface area (Å²) in [5.74, 6) is 0.234. The van der Waals surface area contributed by atoms with E-state index in [-0.39, 0.29) is 5.75 Å². The van der Waals surface area contributed by atoms with Gasteiger partial charge in [0.2, 0.25) is 0 Å². The normalized spacial score (nSPS) is 14.2. The van der Waals surface area contributed by atoms with Crippen molar-refractivity contribution in [1.29, 1.82) is 0 Å². The molecule has 0 aliphatic carbocycles. The highest BCUT2D eigenvalue weighted by atomic mass is 32.2. The van der Waals surface area contributed by atoms with Crippen LogP contribution in [-0.2, 0) is 16.3 Å². The van der Waals surface area contributed by atoms with Crippen LogP contribution in [0, 0.1) is 0 Å². The monoisotopic (exact) mass is 261 g/mol. The van der Waals surface area contributed by atoms with E-state index in [2.05, 4.69) is 28.7 Å². The Labute approximate surface area is 102 Å². The molecule has 0 saturated carbocycles. The van der Waals surface area contributed by atoms with Crippen LogP contribution in [0.1, 0.15) is 12.5 Å². The minimum Gasteiger partial charge on any atom is -0.302 e. The average Bonchev–Trinajstić information content (AvgIpc) is 2.65. The molecule has 0 bridgehead atoms. The molecule has 92 valence electrons. The van der Waals surface area contributed by atoms with Crippen LogP contribution in [0.25, 0.3) is 0 Å². The molecule has 5 heteroatoms. The van der Waals surface area contributed by atoms with Gasteiger partial charge in [0.25, 0.3) is 0 Å². The Bertz CT molecular complexity index is 398. The van der Waals surface area contributed by atoms with Crippen molar-refractivity contribution in [3.05, 3.63) is 22.4 Å². The highest BCUT2D eigenvalue weighted by molar-refractivity contribution is 7.90. The minimum absolute atomic E-state index is 0.234. The molecule has 0 unspecified atom stereocenters. The molecule has 0 aliphatic rings. The van der Waals surface area contributed by atoms with Gasteiger partial charge in [-0.2, -0.15) is 11.3 Å². The van der Waals surface area contributed by atoms with Gasteiger partial charge in [-0.05, 0) is 42.8 Å². The number of nitrogens with zero attached hydrogens (tertiary/aromatic N) is 1. The largest absolute Gasteiger partial charge is 0.302 e. The minimum atomic E-state index is -2.85. The van der Waals surface area contributed by atoms with Crippen LogP contribution < -0.4 is 0 Å². The van der Waals surface area contributed by atoms with E-state index in [0.717, 1.165) is 6.42 Å². The first kappa shape index (κ1) is 13.7. The second kappa shape index (κ2) is 5.80. The lowest BCUT2D eigenvalue weighted by molar-refractivity contribution is 0.271. The van der Waals surface area contributed by atoms with Crippen LogP contribution in [0.4, 0.5) is 0 Å². The fourth-order valence-corrected chi connectivity index (χ4v) is 2.74. The topological polar surface area (TPSA) is 37.4 Å². The Morgan fingerprint density at radius 1 is 1.50 bits per heavy atom. The third-order valence-electron chi connectivity index (χ3n) is 2.68. The summed E-state index contributed by atoms with van der Waals surface area (Å²) in [7, 11) is -0.880. The fraction of sp³-hybridized carbons (Fsp3) is 0.636. The van der Waals surface area contributed by atoms with Crippen LogP contribution in [0.3, 0.4) is 0 Å². The van der Waals surface area contributed by atoms with Crippen LogP contribution >= 0.6 is 11.3 Å². The van der Waals surface area contributed by atoms with Crippen LogP contribution in [0.15, 0.2) is 16.8 Å². The number of hydrogen-bond donors (Lipinski definition) is 0. The molecule has 0 aliphatic heterocycles. The Morgan fingerprint density at radius 2 is 2.19 bits per heavy atom. The SMILES string of the molecule is C[C@@H](Cc1ccsc1)N(C)CCS(C)(=O)=O. The van der Waals surface area contributed by atoms with Crippen molar-refractivity contribution in [2.24, 2.45) is 0 Å². The number of rotatable bonds is 6. The summed E-state index contributed by atoms with van der Waals surface area (Å²) >= 11 is 1.70. The standard InChI is InChI=1S/C11H19NO2S2/c1-10(8-11-4-6-15-9-11)12(2)5-7-16(3,13)14/h4,6,9-10H,5,7-8H2,1-3H3/t10-/m0/s1. The molecule has 1 aromatic heterocycles. The second-order valence-corrected chi connectivity index (χ2v) is 7.34. The van der Waals surface area contributed by atoms with E-state index in [0.29, 0.717) is 12.6 Å². The maximum Gasteiger partial charge on any atom is 0.148 e. The molecule has 1 atom stereocenters. The van der Waals surface area contributed by atoms with Gasteiger partial charge in [0, 0.05) is 18.8 Å². The van der Waals surface area contributed by atoms with Gasteiger partial charge in [-0.25, -0.2) is 8.42 Å². The molecule has 0 radical (unpaired) electrons. The van der Waals surface area contributed by atoms with Crippen LogP contribution in [-0.4, -0.2) is 45.0 Å². The predicted molar refractivity (Wildman–Crippen MR) is 69.8 cm³/mol. The maximum absolute atomic E-state index is 11.1. The lowest BCUT2D eigenvalue weighted by Gasteiger charge is -2.23. The van der Waals surface area contributed by atoms with E-state index >= 15 is 0 Å². The molecule has 0 amide bonds. The molecule has 1 aromatic rings. The van der Waals surface area contributed by atoms with Crippen molar-refractivity contribution in [3.8, 4) is 0 Å². The zero-order chi connectivity index (χ0) is 12.2. The Balaban J connectivity index is 2.39. The quantitative estimate of drug-likeness (QED) is 0.781. The Kier molecular flexibility index (Phi) is 4.95. The van der Waals surface area contributed by atoms with Gasteiger partial charge in [-0.3, -0.25) is 0 Å². The molecule has 16 heavy (non-hydrogen) atoms. The predicted octanol–water partition coefficient (Wildman–Crippen LogP) is 1.66. The fourth-order valence-electron chi connectivity index (χ4n) is 1.44. The maximum atomic E-state index is 11.1. The first-order valence-electron chi connectivity index (χ1n) is 5.27. The molecule has 0 N–H and O–H groups in total. The van der Waals surface area contributed by atoms with E-state index in [1.807, 2.05) is 7.05 Å². The highest BCUT2D eigenvalue weighted by Gasteiger charge is 2.12. The molecular formula is C11H19NO2S2. The summed E-state index contributed by atoms with van der Waals surface area (Å²) in [5.41, 5.74) is 1.32. The molecule has 0 aromatic carbocycles. The smallest absolute Gasteiger partial charge is 0.148 e. The molecule has 0 spiro atoms. The van der Waals surface area contributed by atoms with Gasteiger partial charge in [0.15, 0.2) is 0 Å². The Hall–Kier alpha value is -0.390. The van der Waals surface area contributed by atoms with E-state index < -0.39 is 9.84 Å². The zero-order valence-corrected chi connectivity index (χ0v) is 11.6. The summed E-state index contributed by atoms with van der Waals surface area (Å²) in [6.45, 7) is 2.73. The third-order valence-corrected chi connectivity index (χ3v) is 4.33. The van der Waals surface area contributed by atoms with Crippen molar-refractivity contribution >= 4 is 21.2 Å². The van der Waals surface area contributed by atoms with Gasteiger partial charge in [-0.15, -0.1) is 0 Å². The molecule has 0 saturated heterocycles. The van der Waals surface area contributed by atoms with E-state index in [9.17, 15) is 8.42 Å². The van der Waals surface area contributed by atoms with Crippen molar-refractivity contribution in [2.45, 2.75) is 19.4 Å². The van der Waals surface area contributed by atoms with Crippen molar-refractivity contribution in [2.75, 3.05) is 25.6 Å². The van der Waals surface area contributed by atoms with Crippen molar-refractivity contribution in [3.63, 3.8) is 0 Å². The van der Waals surface area contributed by atoms with Gasteiger partial charge in [0.05, 0.1) is 5.75 Å². The van der Waals surface area contributed by atoms with E-state index in [1.165, 1.54) is 11.8 Å². The first-order chi connectivity index (χ1) is 7.38. The number of thiophene rings is 1. The van der Waals surface area contributed by atoms with Gasteiger partial charge in [-0.1, -0.05) is 0 Å². The van der Waals surface area contributed by atoms with E-state index in [1.54, 1.807) is 11.3 Å². The van der Waals surface area contributed by atoms with Crippen LogP contribution in [0.5, 0.6) is 0 Å². The molecule has 0 fully saturated rings.